The molecule has 3 rings (SSSR count). The lowest BCUT2D eigenvalue weighted by molar-refractivity contribution is 0.100. The first-order chi connectivity index (χ1) is 14.5. The van der Waals surface area contributed by atoms with E-state index in [-0.39, 0.29) is 11.6 Å². The quantitative estimate of drug-likeness (QED) is 0.336. The highest BCUT2D eigenvalue weighted by Crippen LogP contribution is 2.34. The Hall–Kier alpha value is -3.40. The average Bonchev–Trinajstić information content (AvgIpc) is 2.76. The van der Waals surface area contributed by atoms with Gasteiger partial charge in [-0.05, 0) is 67.6 Å². The van der Waals surface area contributed by atoms with Crippen molar-refractivity contribution in [1.29, 1.82) is 0 Å². The Morgan fingerprint density at radius 2 is 1.50 bits per heavy atom. The van der Waals surface area contributed by atoms with Gasteiger partial charge in [0.05, 0.1) is 13.7 Å². The summed E-state index contributed by atoms with van der Waals surface area (Å²) in [6, 6.07) is 20.8. The fourth-order valence-corrected chi connectivity index (χ4v) is 3.61. The van der Waals surface area contributed by atoms with E-state index in [0.29, 0.717) is 29.9 Å². The Kier molecular flexibility index (Phi) is 7.02. The first kappa shape index (κ1) is 21.3. The molecule has 0 aromatic heterocycles. The van der Waals surface area contributed by atoms with Crippen LogP contribution in [0.4, 0.5) is 0 Å². The van der Waals surface area contributed by atoms with Crippen LogP contribution in [0, 0.1) is 0 Å². The van der Waals surface area contributed by atoms with Crippen molar-refractivity contribution in [3.05, 3.63) is 83.4 Å². The molecule has 0 atom stereocenters. The average molecular weight is 402 g/mol. The van der Waals surface area contributed by atoms with Crippen LogP contribution >= 0.6 is 0 Å². The molecule has 0 unspecified atom stereocenters. The van der Waals surface area contributed by atoms with Crippen molar-refractivity contribution >= 4 is 11.6 Å². The molecule has 4 nitrogen and oxygen atoms in total. The number of carbonyl (C=O) groups is 2. The molecular formula is C26H26O4. The second-order valence-electron chi connectivity index (χ2n) is 7.13. The van der Waals surface area contributed by atoms with Crippen LogP contribution in [0.2, 0.25) is 0 Å². The number of Topliss-reactive ketones (excluding diaryl/α,β-unsaturated/α-hetero) is 2. The SMILES string of the molecule is COc1cc(CCCOc2ccccc2)c(C(C)=O)c(-c2ccccc2C(C)=O)c1. The third-order valence-corrected chi connectivity index (χ3v) is 4.98. The number of hydrogen-bond acceptors (Lipinski definition) is 4. The molecule has 4 heteroatoms. The number of methoxy groups -OCH3 is 1. The van der Waals surface area contributed by atoms with E-state index in [9.17, 15) is 9.59 Å². The van der Waals surface area contributed by atoms with Crippen molar-refractivity contribution < 1.29 is 19.1 Å². The van der Waals surface area contributed by atoms with E-state index in [1.54, 1.807) is 20.1 Å². The third-order valence-electron chi connectivity index (χ3n) is 4.98. The lowest BCUT2D eigenvalue weighted by Gasteiger charge is -2.17. The first-order valence-corrected chi connectivity index (χ1v) is 10.0. The second-order valence-corrected chi connectivity index (χ2v) is 7.13. The Morgan fingerprint density at radius 1 is 0.800 bits per heavy atom. The number of para-hydroxylation sites is 1. The standard InChI is InChI=1S/C26H26O4/c1-18(27)23-13-7-8-14-24(23)25-17-22(29-3)16-20(26(25)19(2)28)10-9-15-30-21-11-5-4-6-12-21/h4-8,11-14,16-17H,9-10,15H2,1-3H3. The van der Waals surface area contributed by atoms with E-state index >= 15 is 0 Å². The zero-order valence-electron chi connectivity index (χ0n) is 17.6. The number of benzene rings is 3. The molecular weight excluding hydrogens is 376 g/mol. The number of carbonyl (C=O) groups excluding carboxylic acids is 2. The van der Waals surface area contributed by atoms with E-state index < -0.39 is 0 Å². The number of rotatable bonds is 9. The number of aryl methyl sites for hydroxylation is 1. The van der Waals surface area contributed by atoms with Crippen LogP contribution < -0.4 is 9.47 Å². The predicted octanol–water partition coefficient (Wildman–Crippen LogP) is 5.78. The largest absolute Gasteiger partial charge is 0.497 e. The van der Waals surface area contributed by atoms with E-state index in [4.69, 9.17) is 9.47 Å². The molecule has 0 aliphatic heterocycles. The van der Waals surface area contributed by atoms with Gasteiger partial charge in [-0.15, -0.1) is 0 Å². The minimum Gasteiger partial charge on any atom is -0.497 e. The van der Waals surface area contributed by atoms with Gasteiger partial charge in [0.1, 0.15) is 11.5 Å². The normalized spacial score (nSPS) is 10.5. The molecule has 0 fully saturated rings. The summed E-state index contributed by atoms with van der Waals surface area (Å²) in [4.78, 5) is 24.8. The minimum atomic E-state index is -0.0410. The molecule has 3 aromatic carbocycles. The smallest absolute Gasteiger partial charge is 0.160 e. The van der Waals surface area contributed by atoms with Crippen molar-refractivity contribution in [3.8, 4) is 22.6 Å². The number of hydrogen-bond donors (Lipinski definition) is 0. The van der Waals surface area contributed by atoms with Gasteiger partial charge in [-0.25, -0.2) is 0 Å². The summed E-state index contributed by atoms with van der Waals surface area (Å²) in [6.45, 7) is 3.64. The van der Waals surface area contributed by atoms with E-state index in [2.05, 4.69) is 0 Å². The van der Waals surface area contributed by atoms with Gasteiger partial charge >= 0.3 is 0 Å². The van der Waals surface area contributed by atoms with Gasteiger partial charge in [-0.2, -0.15) is 0 Å². The summed E-state index contributed by atoms with van der Waals surface area (Å²) in [6.07, 6.45) is 1.41. The Bertz CT molecular complexity index is 1040. The first-order valence-electron chi connectivity index (χ1n) is 10.0. The van der Waals surface area contributed by atoms with Crippen LogP contribution in [0.25, 0.3) is 11.1 Å². The Morgan fingerprint density at radius 3 is 2.17 bits per heavy atom. The Balaban J connectivity index is 1.94. The van der Waals surface area contributed by atoms with Crippen LogP contribution in [0.15, 0.2) is 66.7 Å². The summed E-state index contributed by atoms with van der Waals surface area (Å²) in [7, 11) is 1.60. The minimum absolute atomic E-state index is 0.0371. The van der Waals surface area contributed by atoms with Crippen molar-refractivity contribution in [2.45, 2.75) is 26.7 Å². The van der Waals surface area contributed by atoms with Crippen LogP contribution in [0.3, 0.4) is 0 Å². The van der Waals surface area contributed by atoms with Gasteiger partial charge in [-0.3, -0.25) is 9.59 Å². The van der Waals surface area contributed by atoms with E-state index in [1.807, 2.05) is 60.7 Å². The van der Waals surface area contributed by atoms with E-state index in [1.165, 1.54) is 6.92 Å². The molecule has 3 aromatic rings. The van der Waals surface area contributed by atoms with Gasteiger partial charge in [0, 0.05) is 11.1 Å². The van der Waals surface area contributed by atoms with Crippen molar-refractivity contribution in [2.24, 2.45) is 0 Å². The van der Waals surface area contributed by atoms with Crippen LogP contribution in [-0.4, -0.2) is 25.3 Å². The fraction of sp³-hybridized carbons (Fsp3) is 0.231. The number of ether oxygens (including phenoxy) is 2. The summed E-state index contributed by atoms with van der Waals surface area (Å²) in [5.41, 5.74) is 3.59. The summed E-state index contributed by atoms with van der Waals surface area (Å²) in [5, 5.41) is 0. The zero-order valence-corrected chi connectivity index (χ0v) is 17.6. The monoisotopic (exact) mass is 402 g/mol. The number of ketones is 2. The molecule has 0 spiro atoms. The molecule has 30 heavy (non-hydrogen) atoms. The van der Waals surface area contributed by atoms with Crippen molar-refractivity contribution in [2.75, 3.05) is 13.7 Å². The van der Waals surface area contributed by atoms with Crippen molar-refractivity contribution in [1.82, 2.24) is 0 Å². The summed E-state index contributed by atoms with van der Waals surface area (Å²) in [5.74, 6) is 1.41. The molecule has 0 bridgehead atoms. The topological polar surface area (TPSA) is 52.6 Å². The van der Waals surface area contributed by atoms with Gasteiger partial charge in [0.25, 0.3) is 0 Å². The summed E-state index contributed by atoms with van der Waals surface area (Å²) >= 11 is 0. The molecule has 0 saturated carbocycles. The molecule has 0 heterocycles. The fourth-order valence-electron chi connectivity index (χ4n) is 3.61. The third kappa shape index (κ3) is 4.95. The highest BCUT2D eigenvalue weighted by molar-refractivity contribution is 6.07. The second kappa shape index (κ2) is 9.88. The maximum absolute atomic E-state index is 12.6. The van der Waals surface area contributed by atoms with Gasteiger partial charge in [-0.1, -0.05) is 42.5 Å². The van der Waals surface area contributed by atoms with Gasteiger partial charge in [0.2, 0.25) is 0 Å². The van der Waals surface area contributed by atoms with Gasteiger partial charge < -0.3 is 9.47 Å². The lowest BCUT2D eigenvalue weighted by Crippen LogP contribution is -2.08. The molecule has 0 aliphatic carbocycles. The van der Waals surface area contributed by atoms with Crippen LogP contribution in [-0.2, 0) is 6.42 Å². The van der Waals surface area contributed by atoms with Gasteiger partial charge in [0.15, 0.2) is 11.6 Å². The lowest BCUT2D eigenvalue weighted by atomic mass is 9.88. The molecule has 0 N–H and O–H groups in total. The van der Waals surface area contributed by atoms with E-state index in [0.717, 1.165) is 28.9 Å². The highest BCUT2D eigenvalue weighted by atomic mass is 16.5. The molecule has 154 valence electrons. The molecule has 0 radical (unpaired) electrons. The zero-order chi connectivity index (χ0) is 21.5. The maximum Gasteiger partial charge on any atom is 0.160 e. The molecule has 0 aliphatic rings. The molecule has 0 amide bonds. The predicted molar refractivity (Wildman–Crippen MR) is 119 cm³/mol. The van der Waals surface area contributed by atoms with Crippen LogP contribution in [0.5, 0.6) is 11.5 Å². The maximum atomic E-state index is 12.6. The van der Waals surface area contributed by atoms with Crippen molar-refractivity contribution in [3.63, 3.8) is 0 Å². The Labute approximate surface area is 177 Å². The highest BCUT2D eigenvalue weighted by Gasteiger charge is 2.19. The summed E-state index contributed by atoms with van der Waals surface area (Å²) < 4.78 is 11.3. The molecule has 0 saturated heterocycles. The van der Waals surface area contributed by atoms with Crippen LogP contribution in [0.1, 0.15) is 46.5 Å².